The Balaban J connectivity index is 3.23. The number of likely N-dealkylation sites (tertiary alicyclic amines) is 1. The minimum absolute atomic E-state index is 0.277. The van der Waals surface area contributed by atoms with Crippen LogP contribution < -0.4 is 5.32 Å². The van der Waals surface area contributed by atoms with E-state index in [0.29, 0.717) is 4.90 Å². The zero-order chi connectivity index (χ0) is 23.4. The summed E-state index contributed by atoms with van der Waals surface area (Å²) in [6.45, 7) is 9.65. The van der Waals surface area contributed by atoms with E-state index in [-0.39, 0.29) is 6.42 Å². The maximum absolute atomic E-state index is 13.0. The lowest BCUT2D eigenvalue weighted by Gasteiger charge is -2.26. The van der Waals surface area contributed by atoms with Crippen LogP contribution in [0.5, 0.6) is 0 Å². The summed E-state index contributed by atoms with van der Waals surface area (Å²) in [6.07, 6.45) is -2.30. The van der Waals surface area contributed by atoms with Crippen molar-refractivity contribution in [3.63, 3.8) is 0 Å². The summed E-state index contributed by atoms with van der Waals surface area (Å²) in [5, 5.41) is 2.29. The van der Waals surface area contributed by atoms with Gasteiger partial charge in [-0.3, -0.25) is 4.79 Å². The molecule has 1 aliphatic rings. The van der Waals surface area contributed by atoms with Gasteiger partial charge in [0.25, 0.3) is 0 Å². The van der Waals surface area contributed by atoms with Crippen LogP contribution in [0.3, 0.4) is 0 Å². The van der Waals surface area contributed by atoms with Crippen molar-refractivity contribution in [3.05, 3.63) is 0 Å². The van der Waals surface area contributed by atoms with Gasteiger partial charge in [0, 0.05) is 0 Å². The summed E-state index contributed by atoms with van der Waals surface area (Å²) in [5.74, 6) is -3.96. The molecule has 1 aliphatic heterocycles. The first-order valence-electron chi connectivity index (χ1n) is 9.32. The van der Waals surface area contributed by atoms with Crippen molar-refractivity contribution in [1.82, 2.24) is 10.2 Å². The van der Waals surface area contributed by atoms with Crippen molar-refractivity contribution in [1.29, 1.82) is 0 Å². The zero-order valence-electron chi connectivity index (χ0n) is 18.6. The molecule has 30 heavy (non-hydrogen) atoms. The topological polar surface area (TPSA) is 138 Å². The molecule has 1 saturated heterocycles. The van der Waals surface area contributed by atoms with Crippen molar-refractivity contribution in [3.8, 4) is 0 Å². The highest BCUT2D eigenvalue weighted by atomic mass is 16.6. The van der Waals surface area contributed by atoms with Gasteiger partial charge in [0.05, 0.1) is 20.1 Å². The minimum atomic E-state index is -1.49. The Hall–Kier alpha value is -2.85. The van der Waals surface area contributed by atoms with Gasteiger partial charge in [0.1, 0.15) is 23.3 Å². The van der Waals surface area contributed by atoms with Gasteiger partial charge >= 0.3 is 24.1 Å². The van der Waals surface area contributed by atoms with Crippen LogP contribution in [0.4, 0.5) is 9.59 Å². The molecule has 0 aromatic carbocycles. The number of esters is 2. The number of ether oxygens (including phenoxy) is 4. The van der Waals surface area contributed by atoms with Crippen LogP contribution in [0.1, 0.15) is 48.0 Å². The fraction of sp³-hybridized carbons (Fsp3) is 0.737. The van der Waals surface area contributed by atoms with E-state index in [0.717, 1.165) is 14.2 Å². The van der Waals surface area contributed by atoms with Gasteiger partial charge in [-0.2, -0.15) is 0 Å². The molecule has 0 aromatic heterocycles. The summed E-state index contributed by atoms with van der Waals surface area (Å²) in [7, 11) is 2.18. The van der Waals surface area contributed by atoms with Gasteiger partial charge in [-0.25, -0.2) is 24.1 Å². The molecule has 1 N–H and O–H groups in total. The van der Waals surface area contributed by atoms with E-state index in [9.17, 15) is 24.0 Å². The van der Waals surface area contributed by atoms with Crippen LogP contribution in [-0.2, 0) is 33.3 Å². The number of methoxy groups -OCH3 is 2. The van der Waals surface area contributed by atoms with Gasteiger partial charge < -0.3 is 24.3 Å². The van der Waals surface area contributed by atoms with E-state index < -0.39 is 59.2 Å². The number of carbonyl (C=O) groups is 5. The van der Waals surface area contributed by atoms with E-state index in [1.807, 2.05) is 0 Å². The van der Waals surface area contributed by atoms with Gasteiger partial charge in [-0.05, 0) is 48.0 Å². The minimum Gasteiger partial charge on any atom is -0.467 e. The number of hydrogen-bond donors (Lipinski definition) is 1. The lowest BCUT2D eigenvalue weighted by atomic mass is 9.96. The second-order valence-electron chi connectivity index (χ2n) is 8.72. The molecule has 11 heteroatoms. The molecule has 3 atom stereocenters. The highest BCUT2D eigenvalue weighted by molar-refractivity contribution is 6.03. The molecule has 170 valence electrons. The van der Waals surface area contributed by atoms with Crippen molar-refractivity contribution < 1.29 is 42.9 Å². The van der Waals surface area contributed by atoms with Crippen molar-refractivity contribution in [2.75, 3.05) is 14.2 Å². The van der Waals surface area contributed by atoms with Crippen LogP contribution in [0.25, 0.3) is 0 Å². The first-order chi connectivity index (χ1) is 13.6. The molecule has 3 amide bonds. The standard InChI is InChI=1S/C19H30N2O9/c1-18(2,3)29-16(25)20-12(15(24)28-8)10-9-11(14(23)27-7)21(13(10)22)17(26)30-19(4,5)6/h10-12H,9H2,1-8H3,(H,20,25)/t10-,11+,12-/m1/s1. The van der Waals surface area contributed by atoms with Crippen LogP contribution in [-0.4, -0.2) is 72.4 Å². The molecule has 0 aliphatic carbocycles. The average molecular weight is 430 g/mol. The first kappa shape index (κ1) is 25.2. The fourth-order valence-corrected chi connectivity index (χ4v) is 2.81. The van der Waals surface area contributed by atoms with Crippen LogP contribution in [0, 0.1) is 5.92 Å². The van der Waals surface area contributed by atoms with Crippen LogP contribution >= 0.6 is 0 Å². The molecule has 1 rings (SSSR count). The quantitative estimate of drug-likeness (QED) is 0.518. The van der Waals surface area contributed by atoms with E-state index in [4.69, 9.17) is 14.2 Å². The van der Waals surface area contributed by atoms with Crippen LogP contribution in [0.15, 0.2) is 0 Å². The summed E-state index contributed by atoms with van der Waals surface area (Å²) in [6, 6.07) is -2.81. The van der Waals surface area contributed by atoms with Gasteiger partial charge in [-0.1, -0.05) is 0 Å². The number of imide groups is 1. The van der Waals surface area contributed by atoms with Gasteiger partial charge in [0.15, 0.2) is 0 Å². The van der Waals surface area contributed by atoms with E-state index >= 15 is 0 Å². The summed E-state index contributed by atoms with van der Waals surface area (Å²) >= 11 is 0. The maximum Gasteiger partial charge on any atom is 0.417 e. The monoisotopic (exact) mass is 430 g/mol. The van der Waals surface area contributed by atoms with Gasteiger partial charge in [0.2, 0.25) is 5.91 Å². The maximum atomic E-state index is 13.0. The number of nitrogens with one attached hydrogen (secondary N) is 1. The average Bonchev–Trinajstić information content (AvgIpc) is 2.92. The number of hydrogen-bond acceptors (Lipinski definition) is 9. The molecule has 0 saturated carbocycles. The van der Waals surface area contributed by atoms with Gasteiger partial charge in [-0.15, -0.1) is 0 Å². The predicted octanol–water partition coefficient (Wildman–Crippen LogP) is 1.38. The third-order valence-corrected chi connectivity index (χ3v) is 3.94. The molecular formula is C19H30N2O9. The molecular weight excluding hydrogens is 400 g/mol. The molecule has 0 bridgehead atoms. The summed E-state index contributed by atoms with van der Waals surface area (Å²) in [5.41, 5.74) is -1.80. The molecule has 0 unspecified atom stereocenters. The van der Waals surface area contributed by atoms with Crippen molar-refractivity contribution in [2.24, 2.45) is 5.92 Å². The second kappa shape index (κ2) is 9.31. The highest BCUT2D eigenvalue weighted by Gasteiger charge is 2.53. The Morgan fingerprint density at radius 3 is 1.93 bits per heavy atom. The molecule has 1 fully saturated rings. The number of nitrogens with zero attached hydrogens (tertiary/aromatic N) is 1. The molecule has 11 nitrogen and oxygen atoms in total. The lowest BCUT2D eigenvalue weighted by molar-refractivity contribution is -0.149. The van der Waals surface area contributed by atoms with E-state index in [1.54, 1.807) is 41.5 Å². The number of amides is 3. The number of rotatable bonds is 4. The Morgan fingerprint density at radius 1 is 0.967 bits per heavy atom. The molecule has 1 heterocycles. The number of alkyl carbamates (subject to hydrolysis) is 1. The molecule has 0 spiro atoms. The first-order valence-corrected chi connectivity index (χ1v) is 9.32. The van der Waals surface area contributed by atoms with Crippen LogP contribution in [0.2, 0.25) is 0 Å². The Kier molecular flexibility index (Phi) is 7.82. The molecule has 0 aromatic rings. The Labute approximate surface area is 175 Å². The van der Waals surface area contributed by atoms with Crippen molar-refractivity contribution in [2.45, 2.75) is 71.2 Å². The smallest absolute Gasteiger partial charge is 0.417 e. The third-order valence-electron chi connectivity index (χ3n) is 3.94. The SMILES string of the molecule is COC(=O)[C@H](NC(=O)OC(C)(C)C)[C@H]1C[C@@H](C(=O)OC)N(C(=O)OC(C)(C)C)C1=O. The summed E-state index contributed by atoms with van der Waals surface area (Å²) < 4.78 is 19.7. The van der Waals surface area contributed by atoms with E-state index in [1.165, 1.54) is 0 Å². The Bertz CT molecular complexity index is 706. The zero-order valence-corrected chi connectivity index (χ0v) is 18.6. The Morgan fingerprint density at radius 2 is 1.50 bits per heavy atom. The number of carbonyl (C=O) groups excluding carboxylic acids is 5. The van der Waals surface area contributed by atoms with Crippen molar-refractivity contribution >= 4 is 30.0 Å². The largest absolute Gasteiger partial charge is 0.467 e. The summed E-state index contributed by atoms with van der Waals surface area (Å²) in [4.78, 5) is 62.9. The molecule has 0 radical (unpaired) electrons. The predicted molar refractivity (Wildman–Crippen MR) is 102 cm³/mol. The third kappa shape index (κ3) is 6.60. The van der Waals surface area contributed by atoms with E-state index in [2.05, 4.69) is 10.1 Å². The second-order valence-corrected chi connectivity index (χ2v) is 8.72. The highest BCUT2D eigenvalue weighted by Crippen LogP contribution is 2.30. The lowest BCUT2D eigenvalue weighted by Crippen LogP contribution is -2.51. The fourth-order valence-electron chi connectivity index (χ4n) is 2.81. The normalized spacial score (nSPS) is 20.3.